The fourth-order valence-electron chi connectivity index (χ4n) is 0.931. The van der Waals surface area contributed by atoms with Gasteiger partial charge in [-0.05, 0) is 12.1 Å². The molecule has 0 aliphatic carbocycles. The van der Waals surface area contributed by atoms with Crippen molar-refractivity contribution in [3.63, 3.8) is 0 Å². The van der Waals surface area contributed by atoms with E-state index in [9.17, 15) is 0 Å². The number of hydrogen-bond acceptors (Lipinski definition) is 4. The Hall–Kier alpha value is -0.580. The minimum absolute atomic E-state index is 0.802. The van der Waals surface area contributed by atoms with Crippen LogP contribution in [0.2, 0.25) is 4.34 Å². The van der Waals surface area contributed by atoms with Crippen molar-refractivity contribution >= 4 is 40.1 Å². The molecule has 0 bridgehead atoms. The van der Waals surface area contributed by atoms with Gasteiger partial charge in [0.15, 0.2) is 0 Å². The molecule has 1 N–H and O–H groups in total. The van der Waals surface area contributed by atoms with Crippen molar-refractivity contribution in [3.8, 4) is 9.88 Å². The van der Waals surface area contributed by atoms with Crippen molar-refractivity contribution in [1.82, 2.24) is 4.98 Å². The van der Waals surface area contributed by atoms with Crippen LogP contribution in [0.25, 0.3) is 9.88 Å². The first-order valence-corrected chi connectivity index (χ1v) is 5.76. The molecule has 0 saturated heterocycles. The Morgan fingerprint density at radius 3 is 2.85 bits per heavy atom. The molecule has 0 aliphatic heterocycles. The van der Waals surface area contributed by atoms with Gasteiger partial charge in [-0.1, -0.05) is 11.6 Å². The van der Waals surface area contributed by atoms with Crippen LogP contribution in [-0.4, -0.2) is 12.0 Å². The summed E-state index contributed by atoms with van der Waals surface area (Å²) < 4.78 is 0.802. The third-order valence-electron chi connectivity index (χ3n) is 1.54. The summed E-state index contributed by atoms with van der Waals surface area (Å²) >= 11 is 9.00. The van der Waals surface area contributed by atoms with E-state index in [0.717, 1.165) is 20.0 Å². The average Bonchev–Trinajstić information content (AvgIpc) is 2.71. The number of nitrogens with one attached hydrogen (secondary N) is 1. The molecule has 0 atom stereocenters. The predicted molar refractivity (Wildman–Crippen MR) is 60.0 cm³/mol. The molecule has 0 spiro atoms. The lowest BCUT2D eigenvalue weighted by Gasteiger charge is -1.89. The maximum absolute atomic E-state index is 5.83. The van der Waals surface area contributed by atoms with Crippen molar-refractivity contribution in [3.05, 3.63) is 21.8 Å². The minimum atomic E-state index is 0.802. The van der Waals surface area contributed by atoms with Crippen LogP contribution < -0.4 is 5.32 Å². The van der Waals surface area contributed by atoms with Gasteiger partial charge in [0.2, 0.25) is 0 Å². The third kappa shape index (κ3) is 1.85. The van der Waals surface area contributed by atoms with Gasteiger partial charge in [0.25, 0.3) is 0 Å². The third-order valence-corrected chi connectivity index (χ3v) is 3.79. The van der Waals surface area contributed by atoms with Crippen LogP contribution in [0.4, 0.5) is 5.82 Å². The Morgan fingerprint density at radius 1 is 1.46 bits per heavy atom. The molecule has 0 aliphatic rings. The van der Waals surface area contributed by atoms with Gasteiger partial charge in [0.1, 0.15) is 10.8 Å². The molecule has 68 valence electrons. The van der Waals surface area contributed by atoms with Gasteiger partial charge in [-0.2, -0.15) is 0 Å². The van der Waals surface area contributed by atoms with Crippen molar-refractivity contribution in [2.75, 3.05) is 12.4 Å². The van der Waals surface area contributed by atoms with Gasteiger partial charge in [0, 0.05) is 12.4 Å². The first kappa shape index (κ1) is 8.99. The molecule has 2 aromatic rings. The highest BCUT2D eigenvalue weighted by Crippen LogP contribution is 2.33. The Kier molecular flexibility index (Phi) is 2.53. The summed E-state index contributed by atoms with van der Waals surface area (Å²) in [5, 5.41) is 6.00. The van der Waals surface area contributed by atoms with Gasteiger partial charge in [-0.3, -0.25) is 0 Å². The monoisotopic (exact) mass is 230 g/mol. The Balaban J connectivity index is 2.35. The largest absolute Gasteiger partial charge is 0.372 e. The van der Waals surface area contributed by atoms with E-state index < -0.39 is 0 Å². The van der Waals surface area contributed by atoms with E-state index in [4.69, 9.17) is 11.6 Å². The van der Waals surface area contributed by atoms with E-state index in [1.807, 2.05) is 24.6 Å². The summed E-state index contributed by atoms with van der Waals surface area (Å²) in [6, 6.07) is 3.88. The van der Waals surface area contributed by atoms with Crippen molar-refractivity contribution in [1.29, 1.82) is 0 Å². The van der Waals surface area contributed by atoms with E-state index in [0.29, 0.717) is 0 Å². The minimum Gasteiger partial charge on any atom is -0.372 e. The van der Waals surface area contributed by atoms with Crippen molar-refractivity contribution in [2.45, 2.75) is 0 Å². The summed E-state index contributed by atoms with van der Waals surface area (Å²) in [5.41, 5.74) is 0. The van der Waals surface area contributed by atoms with E-state index in [-0.39, 0.29) is 0 Å². The highest BCUT2D eigenvalue weighted by atomic mass is 35.5. The summed E-state index contributed by atoms with van der Waals surface area (Å²) in [6.45, 7) is 0. The highest BCUT2D eigenvalue weighted by Gasteiger charge is 2.05. The highest BCUT2D eigenvalue weighted by molar-refractivity contribution is 7.23. The Labute approximate surface area is 89.2 Å². The molecular formula is C8H7ClN2S2. The average molecular weight is 231 g/mol. The molecule has 2 nitrogen and oxygen atoms in total. The fraction of sp³-hybridized carbons (Fsp3) is 0.125. The zero-order chi connectivity index (χ0) is 9.26. The smallest absolute Gasteiger partial charge is 0.137 e. The van der Waals surface area contributed by atoms with Gasteiger partial charge < -0.3 is 5.32 Å². The van der Waals surface area contributed by atoms with E-state index in [1.54, 1.807) is 22.7 Å². The first-order valence-electron chi connectivity index (χ1n) is 3.68. The molecule has 2 heterocycles. The van der Waals surface area contributed by atoms with Gasteiger partial charge in [0.05, 0.1) is 9.21 Å². The number of halogens is 1. The summed E-state index contributed by atoms with van der Waals surface area (Å²) in [5.74, 6) is 0.907. The number of thiazole rings is 1. The molecule has 5 heteroatoms. The van der Waals surface area contributed by atoms with Crippen LogP contribution in [-0.2, 0) is 0 Å². The number of thiophene rings is 1. The second kappa shape index (κ2) is 3.65. The molecule has 0 aromatic carbocycles. The van der Waals surface area contributed by atoms with Crippen LogP contribution in [0.3, 0.4) is 0 Å². The standard InChI is InChI=1S/C8H7ClN2S2/c1-10-7-4-12-8(11-7)5-2-3-6(9)13-5/h2-4,10H,1H3. The number of hydrogen-bond donors (Lipinski definition) is 1. The molecule has 0 radical (unpaired) electrons. The van der Waals surface area contributed by atoms with Crippen LogP contribution in [0.15, 0.2) is 17.5 Å². The zero-order valence-electron chi connectivity index (χ0n) is 6.87. The number of nitrogens with zero attached hydrogens (tertiary/aromatic N) is 1. The summed E-state index contributed by atoms with van der Waals surface area (Å²) in [4.78, 5) is 5.49. The topological polar surface area (TPSA) is 24.9 Å². The van der Waals surface area contributed by atoms with Gasteiger partial charge >= 0.3 is 0 Å². The van der Waals surface area contributed by atoms with E-state index in [2.05, 4.69) is 10.3 Å². The number of rotatable bonds is 2. The van der Waals surface area contributed by atoms with Crippen LogP contribution in [0, 0.1) is 0 Å². The van der Waals surface area contributed by atoms with Crippen molar-refractivity contribution < 1.29 is 0 Å². The molecule has 0 saturated carbocycles. The van der Waals surface area contributed by atoms with E-state index in [1.165, 1.54) is 0 Å². The Bertz CT molecular complexity index is 408. The molecule has 0 amide bonds. The van der Waals surface area contributed by atoms with Gasteiger partial charge in [-0.25, -0.2) is 4.98 Å². The maximum Gasteiger partial charge on any atom is 0.137 e. The second-order valence-corrected chi connectivity index (χ2v) is 4.96. The van der Waals surface area contributed by atoms with Gasteiger partial charge in [-0.15, -0.1) is 22.7 Å². The maximum atomic E-state index is 5.83. The predicted octanol–water partition coefficient (Wildman–Crippen LogP) is 3.57. The van der Waals surface area contributed by atoms with Crippen molar-refractivity contribution in [2.24, 2.45) is 0 Å². The quantitative estimate of drug-likeness (QED) is 0.853. The first-order chi connectivity index (χ1) is 6.29. The fourth-order valence-corrected chi connectivity index (χ4v) is 2.86. The van der Waals surface area contributed by atoms with Crippen LogP contribution in [0.5, 0.6) is 0 Å². The molecule has 0 unspecified atom stereocenters. The molecular weight excluding hydrogens is 224 g/mol. The molecule has 0 fully saturated rings. The number of aromatic nitrogens is 1. The van der Waals surface area contributed by atoms with Crippen LogP contribution in [0.1, 0.15) is 0 Å². The molecule has 13 heavy (non-hydrogen) atoms. The lowest BCUT2D eigenvalue weighted by atomic mass is 10.5. The molecule has 2 rings (SSSR count). The zero-order valence-corrected chi connectivity index (χ0v) is 9.26. The summed E-state index contributed by atoms with van der Waals surface area (Å²) in [6.07, 6.45) is 0. The normalized spacial score (nSPS) is 10.3. The Morgan fingerprint density at radius 2 is 2.31 bits per heavy atom. The molecule has 2 aromatic heterocycles. The summed E-state index contributed by atoms with van der Waals surface area (Å²) in [7, 11) is 1.86. The lowest BCUT2D eigenvalue weighted by Crippen LogP contribution is -1.86. The van der Waals surface area contributed by atoms with Crippen LogP contribution >= 0.6 is 34.3 Å². The van der Waals surface area contributed by atoms with E-state index >= 15 is 0 Å². The lowest BCUT2D eigenvalue weighted by molar-refractivity contribution is 1.36. The second-order valence-electron chi connectivity index (χ2n) is 2.39. The SMILES string of the molecule is CNc1csc(-c2ccc(Cl)s2)n1. The number of anilines is 1.